The smallest absolute Gasteiger partial charge is 0.372 e. The minimum absolute atomic E-state index is 0.0660. The van der Waals surface area contributed by atoms with Crippen LogP contribution in [-0.2, 0) is 9.53 Å². The topological polar surface area (TPSA) is 58.6 Å². The molecule has 62 valence electrons. The first-order valence-electron chi connectivity index (χ1n) is 3.16. The van der Waals surface area contributed by atoms with Crippen LogP contribution in [0.5, 0.6) is 0 Å². The zero-order valence-corrected chi connectivity index (χ0v) is 7.51. The van der Waals surface area contributed by atoms with Gasteiger partial charge in [-0.05, 0) is 15.9 Å². The maximum Gasteiger partial charge on any atom is 0.372 e. The van der Waals surface area contributed by atoms with Gasteiger partial charge in [-0.1, -0.05) is 6.92 Å². The summed E-state index contributed by atoms with van der Waals surface area (Å²) in [5.41, 5.74) is 0. The van der Waals surface area contributed by atoms with Crippen molar-refractivity contribution in [1.82, 2.24) is 5.32 Å². The standard InChI is InChI=1S/C6H8BrNO3/c1-2-6(7)8-3-4(11-6)5(9)10/h3,8H,2H2,1H3,(H,9,10). The molecule has 0 aromatic carbocycles. The third kappa shape index (κ3) is 1.65. The fourth-order valence-electron chi connectivity index (χ4n) is 0.686. The summed E-state index contributed by atoms with van der Waals surface area (Å²) in [5, 5.41) is 11.3. The predicted molar refractivity (Wildman–Crippen MR) is 41.9 cm³/mol. The van der Waals surface area contributed by atoms with Crippen LogP contribution in [0, 0.1) is 0 Å². The average Bonchev–Trinajstić information content (AvgIpc) is 2.33. The van der Waals surface area contributed by atoms with Crippen molar-refractivity contribution in [2.75, 3.05) is 0 Å². The molecule has 4 nitrogen and oxygen atoms in total. The van der Waals surface area contributed by atoms with Crippen LogP contribution in [0.25, 0.3) is 0 Å². The van der Waals surface area contributed by atoms with Gasteiger partial charge in [0.15, 0.2) is 0 Å². The second-order valence-electron chi connectivity index (χ2n) is 2.14. The Labute approximate surface area is 72.4 Å². The minimum Gasteiger partial charge on any atom is -0.475 e. The lowest BCUT2D eigenvalue weighted by atomic mass is 10.4. The Kier molecular flexibility index (Phi) is 2.08. The van der Waals surface area contributed by atoms with Crippen molar-refractivity contribution in [2.45, 2.75) is 18.0 Å². The highest BCUT2D eigenvalue weighted by molar-refractivity contribution is 9.10. The van der Waals surface area contributed by atoms with E-state index in [9.17, 15) is 4.79 Å². The van der Waals surface area contributed by atoms with E-state index < -0.39 is 10.6 Å². The Morgan fingerprint density at radius 3 is 2.91 bits per heavy atom. The monoisotopic (exact) mass is 221 g/mol. The fraction of sp³-hybridized carbons (Fsp3) is 0.500. The zero-order valence-electron chi connectivity index (χ0n) is 5.93. The number of aliphatic carboxylic acids is 1. The largest absolute Gasteiger partial charge is 0.475 e. The second-order valence-corrected chi connectivity index (χ2v) is 3.42. The summed E-state index contributed by atoms with van der Waals surface area (Å²) in [6.07, 6.45) is 1.97. The third-order valence-electron chi connectivity index (χ3n) is 1.36. The number of hydrogen-bond acceptors (Lipinski definition) is 3. The van der Waals surface area contributed by atoms with Gasteiger partial charge in [-0.3, -0.25) is 0 Å². The Balaban J connectivity index is 2.62. The predicted octanol–water partition coefficient (Wildman–Crippen LogP) is 0.991. The van der Waals surface area contributed by atoms with Crippen LogP contribution in [0.15, 0.2) is 12.0 Å². The number of nitrogens with one attached hydrogen (secondary N) is 1. The minimum atomic E-state index is -1.06. The van der Waals surface area contributed by atoms with Crippen molar-refractivity contribution < 1.29 is 14.6 Å². The van der Waals surface area contributed by atoms with Crippen LogP contribution >= 0.6 is 15.9 Å². The van der Waals surface area contributed by atoms with Gasteiger partial charge in [0.1, 0.15) is 0 Å². The number of carboxylic acids is 1. The molecule has 0 bridgehead atoms. The molecule has 1 heterocycles. The highest BCUT2D eigenvalue weighted by atomic mass is 79.9. The van der Waals surface area contributed by atoms with Gasteiger partial charge in [0, 0.05) is 6.42 Å². The molecule has 1 aliphatic rings. The average molecular weight is 222 g/mol. The Bertz CT molecular complexity index is 216. The maximum atomic E-state index is 10.4. The molecule has 1 rings (SSSR count). The molecule has 1 unspecified atom stereocenters. The number of hydrogen-bond donors (Lipinski definition) is 2. The molecule has 5 heteroatoms. The number of ether oxygens (including phenoxy) is 1. The zero-order chi connectivity index (χ0) is 8.48. The molecule has 2 N–H and O–H groups in total. The fourth-order valence-corrected chi connectivity index (χ4v) is 0.975. The molecule has 0 aliphatic carbocycles. The summed E-state index contributed by atoms with van der Waals surface area (Å²) in [6.45, 7) is 1.88. The molecule has 1 atom stereocenters. The lowest BCUT2D eigenvalue weighted by molar-refractivity contribution is -0.137. The van der Waals surface area contributed by atoms with Gasteiger partial charge < -0.3 is 15.2 Å². The summed E-state index contributed by atoms with van der Waals surface area (Å²) in [5.74, 6) is -1.13. The molecule has 0 aromatic rings. The van der Waals surface area contributed by atoms with Crippen molar-refractivity contribution in [2.24, 2.45) is 0 Å². The van der Waals surface area contributed by atoms with E-state index in [-0.39, 0.29) is 5.76 Å². The quantitative estimate of drug-likeness (QED) is 0.540. The van der Waals surface area contributed by atoms with Gasteiger partial charge >= 0.3 is 5.97 Å². The van der Waals surface area contributed by atoms with E-state index in [1.54, 1.807) is 0 Å². The molecule has 0 saturated carbocycles. The highest BCUT2D eigenvalue weighted by Gasteiger charge is 2.33. The maximum absolute atomic E-state index is 10.4. The van der Waals surface area contributed by atoms with Crippen LogP contribution in [0.2, 0.25) is 0 Å². The van der Waals surface area contributed by atoms with Gasteiger partial charge in [0.25, 0.3) is 0 Å². The van der Waals surface area contributed by atoms with Crippen molar-refractivity contribution in [3.63, 3.8) is 0 Å². The van der Waals surface area contributed by atoms with Crippen LogP contribution in [-0.4, -0.2) is 15.7 Å². The van der Waals surface area contributed by atoms with Gasteiger partial charge in [-0.2, -0.15) is 0 Å². The lowest BCUT2D eigenvalue weighted by Crippen LogP contribution is -2.32. The van der Waals surface area contributed by atoms with E-state index in [1.807, 2.05) is 6.92 Å². The van der Waals surface area contributed by atoms with E-state index >= 15 is 0 Å². The van der Waals surface area contributed by atoms with Crippen LogP contribution in [0.3, 0.4) is 0 Å². The van der Waals surface area contributed by atoms with Gasteiger partial charge in [0.2, 0.25) is 10.4 Å². The van der Waals surface area contributed by atoms with Gasteiger partial charge in [-0.15, -0.1) is 0 Å². The normalized spacial score (nSPS) is 28.7. The number of rotatable bonds is 2. The van der Waals surface area contributed by atoms with Gasteiger partial charge in [-0.25, -0.2) is 4.79 Å². The number of alkyl halides is 1. The summed E-state index contributed by atoms with van der Waals surface area (Å²) < 4.78 is 4.31. The summed E-state index contributed by atoms with van der Waals surface area (Å²) >= 11 is 3.20. The van der Waals surface area contributed by atoms with Gasteiger partial charge in [0.05, 0.1) is 6.20 Å². The molecule has 0 saturated heterocycles. The van der Waals surface area contributed by atoms with Crippen molar-refractivity contribution in [1.29, 1.82) is 0 Å². The Morgan fingerprint density at radius 1 is 2.00 bits per heavy atom. The molecule has 0 aromatic heterocycles. The number of halogens is 1. The first kappa shape index (κ1) is 8.39. The first-order chi connectivity index (χ1) is 5.07. The van der Waals surface area contributed by atoms with Crippen molar-refractivity contribution >= 4 is 21.9 Å². The van der Waals surface area contributed by atoms with Crippen molar-refractivity contribution in [3.8, 4) is 0 Å². The SMILES string of the molecule is CCC1(Br)NC=C(C(=O)O)O1. The molecule has 0 amide bonds. The third-order valence-corrected chi connectivity index (χ3v) is 2.31. The molecular weight excluding hydrogens is 214 g/mol. The van der Waals surface area contributed by atoms with E-state index in [0.717, 1.165) is 0 Å². The molecule has 0 spiro atoms. The molecule has 0 fully saturated rings. The summed E-state index contributed by atoms with van der Waals surface area (Å²) in [4.78, 5) is 10.4. The van der Waals surface area contributed by atoms with Crippen LogP contribution in [0.4, 0.5) is 0 Å². The lowest BCUT2D eigenvalue weighted by Gasteiger charge is -2.20. The van der Waals surface area contributed by atoms with Crippen LogP contribution < -0.4 is 5.32 Å². The van der Waals surface area contributed by atoms with E-state index in [0.29, 0.717) is 6.42 Å². The number of carbonyl (C=O) groups is 1. The molecule has 0 radical (unpaired) electrons. The molecule has 11 heavy (non-hydrogen) atoms. The first-order valence-corrected chi connectivity index (χ1v) is 3.96. The Morgan fingerprint density at radius 2 is 2.64 bits per heavy atom. The second kappa shape index (κ2) is 2.73. The molecular formula is C6H8BrNO3. The van der Waals surface area contributed by atoms with E-state index in [1.165, 1.54) is 6.20 Å². The van der Waals surface area contributed by atoms with E-state index in [4.69, 9.17) is 9.84 Å². The highest BCUT2D eigenvalue weighted by Crippen LogP contribution is 2.28. The number of carboxylic acid groups (broad SMARTS) is 1. The van der Waals surface area contributed by atoms with E-state index in [2.05, 4.69) is 21.2 Å². The summed E-state index contributed by atoms with van der Waals surface area (Å²) in [7, 11) is 0. The Hall–Kier alpha value is -0.710. The van der Waals surface area contributed by atoms with Crippen LogP contribution in [0.1, 0.15) is 13.3 Å². The summed E-state index contributed by atoms with van der Waals surface area (Å²) in [6, 6.07) is 0. The van der Waals surface area contributed by atoms with Crippen molar-refractivity contribution in [3.05, 3.63) is 12.0 Å². The molecule has 1 aliphatic heterocycles.